The molecular weight excluding hydrogens is 444 g/mol. The molecule has 1 saturated heterocycles. The smallest absolute Gasteiger partial charge is 0.322 e. The van der Waals surface area contributed by atoms with Crippen LogP contribution >= 0.6 is 0 Å². The molecule has 1 fully saturated rings. The number of carbonyl (C=O) groups excluding carboxylic acids is 3. The number of likely N-dealkylation sites (N-methyl/N-ethyl adjacent to an activating group) is 1. The van der Waals surface area contributed by atoms with E-state index in [0.29, 0.717) is 24.5 Å². The summed E-state index contributed by atoms with van der Waals surface area (Å²) in [5.74, 6) is -0.486. The van der Waals surface area contributed by atoms with Crippen LogP contribution in [0, 0.1) is 0 Å². The maximum Gasteiger partial charge on any atom is 0.322 e. The summed E-state index contributed by atoms with van der Waals surface area (Å²) in [6.45, 7) is 5.96. The van der Waals surface area contributed by atoms with Gasteiger partial charge >= 0.3 is 6.03 Å². The van der Waals surface area contributed by atoms with Gasteiger partial charge in [0.25, 0.3) is 0 Å². The molecule has 0 radical (unpaired) electrons. The number of hydrogen-bond donors (Lipinski definition) is 2. The molecule has 186 valence electrons. The van der Waals surface area contributed by atoms with Crippen molar-refractivity contribution >= 4 is 29.2 Å². The van der Waals surface area contributed by atoms with Gasteiger partial charge in [-0.1, -0.05) is 42.5 Å². The zero-order valence-corrected chi connectivity index (χ0v) is 20.3. The SMILES string of the molecule is CN1CCN(CCCNC(=O)CN2C(=O)CN(C(=O)NCc3ccccc3)c3ccccc32)CC1. The average molecular weight is 479 g/mol. The normalized spacial score (nSPS) is 16.7. The Morgan fingerprint density at radius 3 is 2.31 bits per heavy atom. The number of anilines is 2. The van der Waals surface area contributed by atoms with E-state index in [4.69, 9.17) is 0 Å². The molecule has 2 aromatic rings. The van der Waals surface area contributed by atoms with Crippen molar-refractivity contribution in [3.05, 3.63) is 60.2 Å². The van der Waals surface area contributed by atoms with Crippen LogP contribution in [0.1, 0.15) is 12.0 Å². The highest BCUT2D eigenvalue weighted by Gasteiger charge is 2.33. The van der Waals surface area contributed by atoms with E-state index in [1.807, 2.05) is 36.4 Å². The van der Waals surface area contributed by atoms with E-state index in [1.165, 1.54) is 9.80 Å². The van der Waals surface area contributed by atoms with Gasteiger partial charge in [0.05, 0.1) is 11.4 Å². The number of piperazine rings is 1. The van der Waals surface area contributed by atoms with Crippen LogP contribution in [-0.4, -0.2) is 87.1 Å². The monoisotopic (exact) mass is 478 g/mol. The molecule has 0 aromatic heterocycles. The van der Waals surface area contributed by atoms with E-state index in [9.17, 15) is 14.4 Å². The second-order valence-electron chi connectivity index (χ2n) is 9.05. The van der Waals surface area contributed by atoms with Crippen LogP contribution in [0.15, 0.2) is 54.6 Å². The average Bonchev–Trinajstić information content (AvgIpc) is 2.88. The first kappa shape index (κ1) is 24.7. The number of hydrogen-bond acceptors (Lipinski definition) is 5. The number of fused-ring (bicyclic) bond motifs is 1. The minimum Gasteiger partial charge on any atom is -0.355 e. The first-order valence-corrected chi connectivity index (χ1v) is 12.2. The molecule has 0 aliphatic carbocycles. The third-order valence-corrected chi connectivity index (χ3v) is 6.46. The molecule has 2 aliphatic rings. The molecule has 2 aliphatic heterocycles. The van der Waals surface area contributed by atoms with E-state index < -0.39 is 0 Å². The van der Waals surface area contributed by atoms with Gasteiger partial charge < -0.3 is 20.4 Å². The van der Waals surface area contributed by atoms with E-state index in [0.717, 1.165) is 44.7 Å². The Bertz CT molecular complexity index is 1020. The lowest BCUT2D eigenvalue weighted by Crippen LogP contribution is -2.53. The third-order valence-electron chi connectivity index (χ3n) is 6.46. The first-order valence-electron chi connectivity index (χ1n) is 12.2. The number of nitrogens with one attached hydrogen (secondary N) is 2. The number of urea groups is 1. The highest BCUT2D eigenvalue weighted by molar-refractivity contribution is 6.12. The number of rotatable bonds is 8. The lowest BCUT2D eigenvalue weighted by molar-refractivity contribution is -0.123. The molecule has 9 heteroatoms. The Kier molecular flexibility index (Phi) is 8.33. The molecule has 0 bridgehead atoms. The number of para-hydroxylation sites is 2. The Balaban J connectivity index is 1.30. The van der Waals surface area contributed by atoms with Crippen molar-refractivity contribution < 1.29 is 14.4 Å². The van der Waals surface area contributed by atoms with Gasteiger partial charge in [0.15, 0.2) is 0 Å². The molecule has 9 nitrogen and oxygen atoms in total. The number of benzene rings is 2. The molecule has 35 heavy (non-hydrogen) atoms. The first-order chi connectivity index (χ1) is 17.0. The van der Waals surface area contributed by atoms with Gasteiger partial charge in [-0.15, -0.1) is 0 Å². The summed E-state index contributed by atoms with van der Waals surface area (Å²) < 4.78 is 0. The Morgan fingerprint density at radius 2 is 1.57 bits per heavy atom. The largest absolute Gasteiger partial charge is 0.355 e. The van der Waals surface area contributed by atoms with Gasteiger partial charge in [-0.25, -0.2) is 4.79 Å². The van der Waals surface area contributed by atoms with Gasteiger partial charge in [-0.3, -0.25) is 19.4 Å². The van der Waals surface area contributed by atoms with Crippen LogP contribution < -0.4 is 20.4 Å². The third kappa shape index (κ3) is 6.58. The second-order valence-corrected chi connectivity index (χ2v) is 9.05. The van der Waals surface area contributed by atoms with Crippen molar-refractivity contribution in [3.63, 3.8) is 0 Å². The summed E-state index contributed by atoms with van der Waals surface area (Å²) in [6, 6.07) is 16.5. The Labute approximate surface area is 206 Å². The maximum absolute atomic E-state index is 13.0. The maximum atomic E-state index is 13.0. The van der Waals surface area contributed by atoms with Crippen LogP contribution in [0.4, 0.5) is 16.2 Å². The van der Waals surface area contributed by atoms with Crippen molar-refractivity contribution in [2.45, 2.75) is 13.0 Å². The van der Waals surface area contributed by atoms with Gasteiger partial charge in [0.1, 0.15) is 13.1 Å². The summed E-state index contributed by atoms with van der Waals surface area (Å²) >= 11 is 0. The molecular formula is C26H34N6O3. The molecule has 2 N–H and O–H groups in total. The highest BCUT2D eigenvalue weighted by atomic mass is 16.2. The fourth-order valence-electron chi connectivity index (χ4n) is 4.39. The van der Waals surface area contributed by atoms with Crippen LogP contribution in [0.5, 0.6) is 0 Å². The minimum absolute atomic E-state index is 0.0656. The zero-order chi connectivity index (χ0) is 24.6. The summed E-state index contributed by atoms with van der Waals surface area (Å²) in [4.78, 5) is 46.1. The van der Waals surface area contributed by atoms with Crippen molar-refractivity contribution in [1.82, 2.24) is 20.4 Å². The summed E-state index contributed by atoms with van der Waals surface area (Å²) in [6.07, 6.45) is 0.870. The Morgan fingerprint density at radius 1 is 0.886 bits per heavy atom. The van der Waals surface area contributed by atoms with Crippen LogP contribution in [0.2, 0.25) is 0 Å². The predicted molar refractivity (Wildman–Crippen MR) is 136 cm³/mol. The van der Waals surface area contributed by atoms with E-state index in [1.54, 1.807) is 18.2 Å². The van der Waals surface area contributed by atoms with Crippen LogP contribution in [0.3, 0.4) is 0 Å². The standard InChI is InChI=1S/C26H34N6O3/c1-29-14-16-30(17-15-29)13-7-12-27-24(33)19-31-22-10-5-6-11-23(22)32(20-25(31)34)26(35)28-18-21-8-3-2-4-9-21/h2-6,8-11H,7,12-20H2,1H3,(H,27,33)(H,28,35). The summed E-state index contributed by atoms with van der Waals surface area (Å²) in [5, 5.41) is 5.82. The quantitative estimate of drug-likeness (QED) is 0.562. The van der Waals surface area contributed by atoms with E-state index in [2.05, 4.69) is 27.5 Å². The van der Waals surface area contributed by atoms with Crippen LogP contribution in [-0.2, 0) is 16.1 Å². The fraction of sp³-hybridized carbons (Fsp3) is 0.423. The lowest BCUT2D eigenvalue weighted by atomic mass is 10.1. The van der Waals surface area contributed by atoms with Gasteiger partial charge in [-0.05, 0) is 37.7 Å². The molecule has 2 heterocycles. The van der Waals surface area contributed by atoms with E-state index >= 15 is 0 Å². The van der Waals surface area contributed by atoms with Gasteiger partial charge in [0, 0.05) is 39.3 Å². The van der Waals surface area contributed by atoms with Crippen LogP contribution in [0.25, 0.3) is 0 Å². The Hall–Kier alpha value is -3.43. The molecule has 4 amide bonds. The van der Waals surface area contributed by atoms with Crippen molar-refractivity contribution in [3.8, 4) is 0 Å². The molecule has 0 atom stereocenters. The molecule has 2 aromatic carbocycles. The van der Waals surface area contributed by atoms with Crippen molar-refractivity contribution in [1.29, 1.82) is 0 Å². The molecule has 4 rings (SSSR count). The van der Waals surface area contributed by atoms with Gasteiger partial charge in [0.2, 0.25) is 11.8 Å². The molecule has 0 saturated carbocycles. The molecule has 0 unspecified atom stereocenters. The van der Waals surface area contributed by atoms with E-state index in [-0.39, 0.29) is 30.9 Å². The lowest BCUT2D eigenvalue weighted by Gasteiger charge is -2.35. The van der Waals surface area contributed by atoms with Gasteiger partial charge in [-0.2, -0.15) is 0 Å². The summed E-state index contributed by atoms with van der Waals surface area (Å²) in [5.41, 5.74) is 2.15. The van der Waals surface area contributed by atoms with Crippen molar-refractivity contribution in [2.24, 2.45) is 0 Å². The zero-order valence-electron chi connectivity index (χ0n) is 20.3. The topological polar surface area (TPSA) is 88.2 Å². The number of amides is 4. The summed E-state index contributed by atoms with van der Waals surface area (Å²) in [7, 11) is 2.13. The van der Waals surface area contributed by atoms with Crippen molar-refractivity contribution in [2.75, 3.05) is 69.2 Å². The second kappa shape index (κ2) is 11.8. The minimum atomic E-state index is -0.345. The highest BCUT2D eigenvalue weighted by Crippen LogP contribution is 2.33. The number of nitrogens with zero attached hydrogens (tertiary/aromatic N) is 4. The fourth-order valence-corrected chi connectivity index (χ4v) is 4.39. The molecule has 0 spiro atoms. The number of carbonyl (C=O) groups is 3. The predicted octanol–water partition coefficient (Wildman–Crippen LogP) is 1.50.